The van der Waals surface area contributed by atoms with E-state index in [0.29, 0.717) is 6.29 Å². The van der Waals surface area contributed by atoms with Crippen LogP contribution in [0.15, 0.2) is 12.1 Å². The first kappa shape index (κ1) is 7.22. The number of nitrogens with zero attached hydrogens (tertiary/aromatic N) is 1. The molecule has 0 radical (unpaired) electrons. The van der Waals surface area contributed by atoms with Gasteiger partial charge in [0.2, 0.25) is 0 Å². The summed E-state index contributed by atoms with van der Waals surface area (Å²) in [4.78, 5) is 19.6. The molecule has 0 saturated heterocycles. The number of hydrogen-bond acceptors (Lipinski definition) is 3. The van der Waals surface area contributed by atoms with E-state index in [0.717, 1.165) is 12.1 Å². The van der Waals surface area contributed by atoms with Gasteiger partial charge in [0.15, 0.2) is 6.29 Å². The lowest BCUT2D eigenvalue weighted by Gasteiger charge is -1.86. The van der Waals surface area contributed by atoms with Gasteiger partial charge in [-0.25, -0.2) is 0 Å². The van der Waals surface area contributed by atoms with Crippen molar-refractivity contribution in [3.05, 3.63) is 39.9 Å². The van der Waals surface area contributed by atoms with Crippen LogP contribution in [-0.2, 0) is 0 Å². The van der Waals surface area contributed by atoms with Crippen molar-refractivity contribution in [2.45, 2.75) is 0 Å². The van der Waals surface area contributed by atoms with E-state index in [9.17, 15) is 14.9 Å². The number of rotatable bonds is 2. The van der Waals surface area contributed by atoms with Crippen LogP contribution < -0.4 is 0 Å². The summed E-state index contributed by atoms with van der Waals surface area (Å²) in [5.41, 5.74) is -0.00921. The Balaban J connectivity index is 3.10. The summed E-state index contributed by atoms with van der Waals surface area (Å²) < 4.78 is 0. The lowest BCUT2D eigenvalue weighted by Crippen LogP contribution is -1.87. The summed E-state index contributed by atoms with van der Waals surface area (Å²) >= 11 is 0. The van der Waals surface area contributed by atoms with Gasteiger partial charge in [-0.05, 0) is 0 Å². The van der Waals surface area contributed by atoms with Crippen LogP contribution in [0.2, 0.25) is 0 Å². The van der Waals surface area contributed by atoms with E-state index in [-0.39, 0.29) is 11.3 Å². The van der Waals surface area contributed by atoms with Gasteiger partial charge in [0, 0.05) is 6.07 Å². The predicted molar refractivity (Wildman–Crippen MR) is 36.2 cm³/mol. The Morgan fingerprint density at radius 1 is 1.64 bits per heavy atom. The molecule has 1 aromatic rings. The molecule has 11 heavy (non-hydrogen) atoms. The summed E-state index contributed by atoms with van der Waals surface area (Å²) in [5, 5.41) is 10.1. The molecule has 0 saturated carbocycles. The second-order valence-corrected chi connectivity index (χ2v) is 1.81. The zero-order chi connectivity index (χ0) is 8.27. The van der Waals surface area contributed by atoms with Gasteiger partial charge in [0.25, 0.3) is 5.69 Å². The van der Waals surface area contributed by atoms with E-state index < -0.39 is 4.92 Å². The summed E-state index contributed by atoms with van der Waals surface area (Å²) in [7, 11) is 0. The average Bonchev–Trinajstić information content (AvgIpc) is 2.05. The Bertz CT molecular complexity index is 295. The van der Waals surface area contributed by atoms with Crippen molar-refractivity contribution in [1.29, 1.82) is 0 Å². The second-order valence-electron chi connectivity index (χ2n) is 1.81. The van der Waals surface area contributed by atoms with E-state index >= 15 is 0 Å². The van der Waals surface area contributed by atoms with Gasteiger partial charge < -0.3 is 0 Å². The van der Waals surface area contributed by atoms with Crippen LogP contribution >= 0.6 is 0 Å². The highest BCUT2D eigenvalue weighted by molar-refractivity contribution is 5.74. The molecule has 0 N–H and O–H groups in total. The maximum atomic E-state index is 10.1. The van der Waals surface area contributed by atoms with Crippen molar-refractivity contribution in [2.24, 2.45) is 0 Å². The van der Waals surface area contributed by atoms with E-state index in [1.807, 2.05) is 0 Å². The highest BCUT2D eigenvalue weighted by Gasteiger charge is 2.03. The molecule has 1 aromatic carbocycles. The van der Waals surface area contributed by atoms with Gasteiger partial charge in [0.1, 0.15) is 0 Å². The van der Waals surface area contributed by atoms with Crippen LogP contribution in [0.25, 0.3) is 0 Å². The lowest BCUT2D eigenvalue weighted by atomic mass is 10.2. The van der Waals surface area contributed by atoms with Crippen LogP contribution in [0.4, 0.5) is 5.69 Å². The summed E-state index contributed by atoms with van der Waals surface area (Å²) in [6.07, 6.45) is 0.490. The fourth-order valence-corrected chi connectivity index (χ4v) is 0.599. The summed E-state index contributed by atoms with van der Waals surface area (Å²) in [6, 6.07) is 7.08. The molecule has 0 aliphatic rings. The Labute approximate surface area is 62.6 Å². The largest absolute Gasteiger partial charge is 0.297 e. The molecular formula is C7H3NO3. The molecule has 54 valence electrons. The topological polar surface area (TPSA) is 60.2 Å². The Kier molecular flexibility index (Phi) is 1.83. The molecule has 0 aliphatic heterocycles. The first-order valence-corrected chi connectivity index (χ1v) is 2.77. The maximum absolute atomic E-state index is 10.1. The van der Waals surface area contributed by atoms with Crippen molar-refractivity contribution in [3.63, 3.8) is 0 Å². The molecule has 4 nitrogen and oxygen atoms in total. The number of hydrogen-bond donors (Lipinski definition) is 0. The van der Waals surface area contributed by atoms with Crippen molar-refractivity contribution < 1.29 is 9.72 Å². The minimum atomic E-state index is -0.586. The maximum Gasteiger partial charge on any atom is 0.279 e. The molecule has 0 unspecified atom stereocenters. The van der Waals surface area contributed by atoms with Crippen molar-refractivity contribution >= 4 is 12.0 Å². The highest BCUT2D eigenvalue weighted by Crippen LogP contribution is 2.07. The smallest absolute Gasteiger partial charge is 0.279 e. The highest BCUT2D eigenvalue weighted by atomic mass is 16.6. The first-order valence-electron chi connectivity index (χ1n) is 2.77. The number of carbonyl (C=O) groups is 1. The normalized spacial score (nSPS) is 8.36. The zero-order valence-corrected chi connectivity index (χ0v) is 5.40. The Hall–Kier alpha value is -1.89. The summed E-state index contributed by atoms with van der Waals surface area (Å²) in [5.74, 6) is 0. The third-order valence-corrected chi connectivity index (χ3v) is 1.08. The quantitative estimate of drug-likeness (QED) is 0.358. The third kappa shape index (κ3) is 1.52. The fourth-order valence-electron chi connectivity index (χ4n) is 0.599. The Morgan fingerprint density at radius 3 is 2.91 bits per heavy atom. The van der Waals surface area contributed by atoms with Gasteiger partial charge in [-0.3, -0.25) is 14.9 Å². The van der Waals surface area contributed by atoms with Gasteiger partial charge in [-0.1, -0.05) is 12.1 Å². The predicted octanol–water partition coefficient (Wildman–Crippen LogP) is 1.01. The molecule has 4 heteroatoms. The fraction of sp³-hybridized carbons (Fsp3) is 0. The molecule has 0 amide bonds. The molecule has 0 aromatic heterocycles. The number of aldehydes is 1. The average molecular weight is 149 g/mol. The van der Waals surface area contributed by atoms with Gasteiger partial charge in [-0.15, -0.1) is 0 Å². The van der Waals surface area contributed by atoms with Crippen molar-refractivity contribution in [2.75, 3.05) is 0 Å². The lowest BCUT2D eigenvalue weighted by molar-refractivity contribution is -0.384. The van der Waals surface area contributed by atoms with Crippen LogP contribution in [0.5, 0.6) is 0 Å². The SMILES string of the molecule is O=Cc1c#ccc([N+](=O)[O-])c1. The molecule has 0 spiro atoms. The number of carbonyl (C=O) groups excluding carboxylic acids is 1. The molecule has 0 heterocycles. The van der Waals surface area contributed by atoms with E-state index in [1.54, 1.807) is 0 Å². The minimum Gasteiger partial charge on any atom is -0.297 e. The van der Waals surface area contributed by atoms with Crippen LogP contribution in [0.3, 0.4) is 0 Å². The number of nitro groups is 1. The zero-order valence-electron chi connectivity index (χ0n) is 5.40. The van der Waals surface area contributed by atoms with Crippen LogP contribution in [0, 0.1) is 22.2 Å². The van der Waals surface area contributed by atoms with Crippen molar-refractivity contribution in [3.8, 4) is 0 Å². The minimum absolute atomic E-state index is 0.138. The van der Waals surface area contributed by atoms with Crippen LogP contribution in [0.1, 0.15) is 10.4 Å². The van der Waals surface area contributed by atoms with E-state index in [2.05, 4.69) is 12.1 Å². The van der Waals surface area contributed by atoms with Gasteiger partial charge in [-0.2, -0.15) is 0 Å². The Morgan fingerprint density at radius 2 is 2.36 bits per heavy atom. The van der Waals surface area contributed by atoms with Crippen molar-refractivity contribution in [1.82, 2.24) is 0 Å². The molecule has 0 fully saturated rings. The third-order valence-electron chi connectivity index (χ3n) is 1.08. The molecule has 0 bridgehead atoms. The van der Waals surface area contributed by atoms with Gasteiger partial charge in [0.05, 0.1) is 16.6 Å². The van der Waals surface area contributed by atoms with Crippen LogP contribution in [-0.4, -0.2) is 11.2 Å². The van der Waals surface area contributed by atoms with E-state index in [1.165, 1.54) is 0 Å². The molecule has 0 atom stereocenters. The summed E-state index contributed by atoms with van der Waals surface area (Å²) in [6.45, 7) is 0. The standard InChI is InChI=1S/C7H3NO3/c9-5-6-2-1-3-7(4-6)8(10)11/h3-5H. The van der Waals surface area contributed by atoms with Gasteiger partial charge >= 0.3 is 0 Å². The van der Waals surface area contributed by atoms with E-state index in [4.69, 9.17) is 0 Å². The monoisotopic (exact) mass is 149 g/mol. The second kappa shape index (κ2) is 2.80. The first-order chi connectivity index (χ1) is 5.24. The molecule has 0 aliphatic carbocycles. The molecule has 1 rings (SSSR count). The molecular weight excluding hydrogens is 146 g/mol.